The highest BCUT2D eigenvalue weighted by Gasteiger charge is 2.40. The molecule has 3 aliphatic rings. The van der Waals surface area contributed by atoms with Crippen LogP contribution < -0.4 is 4.74 Å². The van der Waals surface area contributed by atoms with E-state index in [0.717, 1.165) is 50.0 Å². The first-order valence-corrected chi connectivity index (χ1v) is 9.70. The number of hydrogen-bond acceptors (Lipinski definition) is 5. The van der Waals surface area contributed by atoms with Gasteiger partial charge in [0, 0.05) is 42.9 Å². The number of carbonyl (C=O) groups excluding carboxylic acids is 1. The van der Waals surface area contributed by atoms with Crippen molar-refractivity contribution in [1.82, 2.24) is 9.80 Å². The van der Waals surface area contributed by atoms with Crippen LogP contribution >= 0.6 is 11.8 Å². The number of likely N-dealkylation sites (tertiary alicyclic amines) is 1. The van der Waals surface area contributed by atoms with Crippen LogP contribution in [0.1, 0.15) is 6.92 Å². The Kier molecular flexibility index (Phi) is 4.70. The molecule has 2 fully saturated rings. The molecule has 24 heavy (non-hydrogen) atoms. The minimum Gasteiger partial charge on any atom is -0.479 e. The monoisotopic (exact) mass is 348 g/mol. The van der Waals surface area contributed by atoms with Gasteiger partial charge >= 0.3 is 0 Å². The molecule has 6 heteroatoms. The second-order valence-electron chi connectivity index (χ2n) is 6.80. The summed E-state index contributed by atoms with van der Waals surface area (Å²) in [6, 6.07) is 8.41. The number of ether oxygens (including phenoxy) is 2. The lowest BCUT2D eigenvalue weighted by Gasteiger charge is -2.34. The fraction of sp³-hybridized carbons (Fsp3) is 0.611. The highest BCUT2D eigenvalue weighted by Crippen LogP contribution is 2.36. The molecule has 3 unspecified atom stereocenters. The van der Waals surface area contributed by atoms with E-state index in [2.05, 4.69) is 11.8 Å². The molecule has 130 valence electrons. The third-order valence-corrected chi connectivity index (χ3v) is 6.30. The van der Waals surface area contributed by atoms with Crippen LogP contribution in [0.3, 0.4) is 0 Å². The predicted molar refractivity (Wildman–Crippen MR) is 93.5 cm³/mol. The molecule has 4 rings (SSSR count). The second kappa shape index (κ2) is 6.94. The smallest absolute Gasteiger partial charge is 0.264 e. The molecule has 5 nitrogen and oxygen atoms in total. The number of rotatable bonds is 2. The van der Waals surface area contributed by atoms with Gasteiger partial charge in [-0.2, -0.15) is 0 Å². The van der Waals surface area contributed by atoms with E-state index < -0.39 is 0 Å². The van der Waals surface area contributed by atoms with Crippen LogP contribution in [0.25, 0.3) is 0 Å². The molecule has 2 saturated heterocycles. The number of amides is 1. The first kappa shape index (κ1) is 16.2. The molecule has 0 spiro atoms. The number of fused-ring (bicyclic) bond motifs is 1. The first-order chi connectivity index (χ1) is 11.7. The minimum absolute atomic E-state index is 0.139. The SMILES string of the molecule is CC1CN(C(=O)C2CSc3ccccc3O2)CC1N1CCOCC1. The Morgan fingerprint density at radius 3 is 2.83 bits per heavy atom. The van der Waals surface area contributed by atoms with Crippen molar-refractivity contribution in [3.05, 3.63) is 24.3 Å². The molecule has 3 heterocycles. The molecule has 0 bridgehead atoms. The van der Waals surface area contributed by atoms with Gasteiger partial charge in [0.1, 0.15) is 5.75 Å². The van der Waals surface area contributed by atoms with Gasteiger partial charge in [-0.15, -0.1) is 11.8 Å². The van der Waals surface area contributed by atoms with Crippen molar-refractivity contribution in [2.75, 3.05) is 45.1 Å². The summed E-state index contributed by atoms with van der Waals surface area (Å²) in [5, 5.41) is 0. The van der Waals surface area contributed by atoms with E-state index in [4.69, 9.17) is 9.47 Å². The van der Waals surface area contributed by atoms with Gasteiger partial charge in [-0.25, -0.2) is 0 Å². The fourth-order valence-corrected chi connectivity index (χ4v) is 4.83. The zero-order valence-corrected chi connectivity index (χ0v) is 14.8. The minimum atomic E-state index is -0.361. The van der Waals surface area contributed by atoms with Crippen molar-refractivity contribution in [2.45, 2.75) is 24.0 Å². The average molecular weight is 348 g/mol. The molecule has 3 aliphatic heterocycles. The topological polar surface area (TPSA) is 42.0 Å². The lowest BCUT2D eigenvalue weighted by molar-refractivity contribution is -0.137. The zero-order valence-electron chi connectivity index (χ0n) is 14.0. The predicted octanol–water partition coefficient (Wildman–Crippen LogP) is 1.72. The van der Waals surface area contributed by atoms with E-state index in [1.54, 1.807) is 11.8 Å². The van der Waals surface area contributed by atoms with Gasteiger partial charge < -0.3 is 14.4 Å². The van der Waals surface area contributed by atoms with E-state index >= 15 is 0 Å². The van der Waals surface area contributed by atoms with Crippen LogP contribution in [0.5, 0.6) is 5.75 Å². The Morgan fingerprint density at radius 2 is 2.00 bits per heavy atom. The van der Waals surface area contributed by atoms with E-state index in [9.17, 15) is 4.79 Å². The van der Waals surface area contributed by atoms with E-state index in [1.165, 1.54) is 0 Å². The maximum atomic E-state index is 12.9. The van der Waals surface area contributed by atoms with Crippen LogP contribution in [0.4, 0.5) is 0 Å². The van der Waals surface area contributed by atoms with Crippen molar-refractivity contribution in [2.24, 2.45) is 5.92 Å². The van der Waals surface area contributed by atoms with Gasteiger partial charge in [0.2, 0.25) is 0 Å². The second-order valence-corrected chi connectivity index (χ2v) is 7.86. The van der Waals surface area contributed by atoms with Crippen molar-refractivity contribution in [3.63, 3.8) is 0 Å². The van der Waals surface area contributed by atoms with Crippen molar-refractivity contribution >= 4 is 17.7 Å². The molecular weight excluding hydrogens is 324 g/mol. The summed E-state index contributed by atoms with van der Waals surface area (Å²) < 4.78 is 11.4. The third-order valence-electron chi connectivity index (χ3n) is 5.18. The molecule has 1 aromatic rings. The Bertz CT molecular complexity index is 606. The largest absolute Gasteiger partial charge is 0.479 e. The maximum absolute atomic E-state index is 12.9. The van der Waals surface area contributed by atoms with Gasteiger partial charge in [-0.05, 0) is 18.1 Å². The van der Waals surface area contributed by atoms with Gasteiger partial charge in [0.25, 0.3) is 5.91 Å². The Hall–Kier alpha value is -1.24. The molecule has 3 atom stereocenters. The van der Waals surface area contributed by atoms with Gasteiger partial charge in [-0.3, -0.25) is 9.69 Å². The summed E-state index contributed by atoms with van der Waals surface area (Å²) in [5.41, 5.74) is 0. The number of thioether (sulfide) groups is 1. The van der Waals surface area contributed by atoms with Gasteiger partial charge in [-0.1, -0.05) is 19.1 Å². The average Bonchev–Trinajstić information content (AvgIpc) is 3.03. The first-order valence-electron chi connectivity index (χ1n) is 8.71. The van der Waals surface area contributed by atoms with Crippen LogP contribution in [-0.4, -0.2) is 73.0 Å². The molecular formula is C18H24N2O3S. The highest BCUT2D eigenvalue weighted by atomic mass is 32.2. The zero-order chi connectivity index (χ0) is 16.5. The van der Waals surface area contributed by atoms with E-state index in [-0.39, 0.29) is 12.0 Å². The number of carbonyl (C=O) groups is 1. The van der Waals surface area contributed by atoms with Gasteiger partial charge in [0.05, 0.1) is 13.2 Å². The number of nitrogens with zero attached hydrogens (tertiary/aromatic N) is 2. The van der Waals surface area contributed by atoms with Crippen LogP contribution in [-0.2, 0) is 9.53 Å². The Labute approximate surface area is 147 Å². The molecule has 0 aliphatic carbocycles. The normalized spacial score (nSPS) is 30.7. The molecule has 1 amide bonds. The summed E-state index contributed by atoms with van der Waals surface area (Å²) in [7, 11) is 0. The fourth-order valence-electron chi connectivity index (χ4n) is 3.86. The summed E-state index contributed by atoms with van der Waals surface area (Å²) in [6.45, 7) is 7.44. The Balaban J connectivity index is 1.40. The molecule has 0 aromatic heterocycles. The standard InChI is InChI=1S/C18H24N2O3S/c1-13-10-20(11-14(13)19-6-8-22-9-7-19)18(21)16-12-24-17-5-3-2-4-15(17)23-16/h2-5,13-14,16H,6-12H2,1H3. The Morgan fingerprint density at radius 1 is 1.21 bits per heavy atom. The summed E-state index contributed by atoms with van der Waals surface area (Å²) in [6.07, 6.45) is -0.361. The summed E-state index contributed by atoms with van der Waals surface area (Å²) >= 11 is 1.71. The van der Waals surface area contributed by atoms with Crippen molar-refractivity contribution in [3.8, 4) is 5.75 Å². The van der Waals surface area contributed by atoms with Gasteiger partial charge in [0.15, 0.2) is 6.10 Å². The van der Waals surface area contributed by atoms with Crippen molar-refractivity contribution < 1.29 is 14.3 Å². The molecule has 0 saturated carbocycles. The van der Waals surface area contributed by atoms with E-state index in [1.807, 2.05) is 29.2 Å². The molecule has 0 N–H and O–H groups in total. The summed E-state index contributed by atoms with van der Waals surface area (Å²) in [5.74, 6) is 2.17. The number of morpholine rings is 1. The van der Waals surface area contributed by atoms with Crippen molar-refractivity contribution in [1.29, 1.82) is 0 Å². The quantitative estimate of drug-likeness (QED) is 0.814. The lowest BCUT2D eigenvalue weighted by Crippen LogP contribution is -2.48. The third kappa shape index (κ3) is 3.15. The molecule has 0 radical (unpaired) electrons. The maximum Gasteiger partial charge on any atom is 0.264 e. The number of para-hydroxylation sites is 1. The number of hydrogen-bond donors (Lipinski definition) is 0. The molecule has 1 aromatic carbocycles. The number of benzene rings is 1. The van der Waals surface area contributed by atoms with Crippen LogP contribution in [0, 0.1) is 5.92 Å². The van der Waals surface area contributed by atoms with Crippen LogP contribution in [0.2, 0.25) is 0 Å². The van der Waals surface area contributed by atoms with E-state index in [0.29, 0.717) is 17.7 Å². The summed E-state index contributed by atoms with van der Waals surface area (Å²) in [4.78, 5) is 18.5. The highest BCUT2D eigenvalue weighted by molar-refractivity contribution is 7.99. The van der Waals surface area contributed by atoms with Crippen LogP contribution in [0.15, 0.2) is 29.2 Å². The lowest BCUT2D eigenvalue weighted by atomic mass is 10.0.